The predicted molar refractivity (Wildman–Crippen MR) is 59.4 cm³/mol. The molecule has 80 valence electrons. The zero-order valence-corrected chi connectivity index (χ0v) is 9.98. The molecule has 0 fully saturated rings. The summed E-state index contributed by atoms with van der Waals surface area (Å²) in [5, 5.41) is 10.9. The molecule has 0 aromatic carbocycles. The van der Waals surface area contributed by atoms with Crippen molar-refractivity contribution in [1.29, 1.82) is 0 Å². The first-order chi connectivity index (χ1) is 6.54. The molecule has 14 heavy (non-hydrogen) atoms. The molecule has 1 atom stereocenters. The first-order valence-electron chi connectivity index (χ1n) is 4.69. The van der Waals surface area contributed by atoms with E-state index >= 15 is 0 Å². The van der Waals surface area contributed by atoms with Crippen LogP contribution in [0.4, 0.5) is 0 Å². The highest BCUT2D eigenvalue weighted by atomic mass is 32.2. The van der Waals surface area contributed by atoms with Gasteiger partial charge >= 0.3 is 0 Å². The highest BCUT2D eigenvalue weighted by molar-refractivity contribution is 7.99. The number of nitrogens with one attached hydrogen (secondary N) is 2. The Labute approximate surface area is 89.3 Å². The van der Waals surface area contributed by atoms with Gasteiger partial charge in [-0.3, -0.25) is 5.10 Å². The lowest BCUT2D eigenvalue weighted by atomic mass is 9.88. The Kier molecular flexibility index (Phi) is 3.95. The highest BCUT2D eigenvalue weighted by Crippen LogP contribution is 2.24. The standard InChI is InChI=1S/C9H18N4S/c1-9(2,3)7(10-4)5-14-8-11-6-12-13-8/h6-7,10H,5H2,1-4H3,(H,11,12,13). The maximum atomic E-state index is 4.07. The van der Waals surface area contributed by atoms with Crippen molar-refractivity contribution in [1.82, 2.24) is 20.5 Å². The minimum Gasteiger partial charge on any atom is -0.316 e. The second-order valence-corrected chi connectivity index (χ2v) is 5.32. The molecule has 0 saturated heterocycles. The lowest BCUT2D eigenvalue weighted by Gasteiger charge is -2.29. The van der Waals surface area contributed by atoms with Crippen LogP contribution < -0.4 is 5.32 Å². The zero-order valence-electron chi connectivity index (χ0n) is 9.16. The van der Waals surface area contributed by atoms with E-state index in [-0.39, 0.29) is 5.41 Å². The quantitative estimate of drug-likeness (QED) is 0.746. The molecule has 1 unspecified atom stereocenters. The number of aromatic amines is 1. The summed E-state index contributed by atoms with van der Waals surface area (Å²) in [6, 6.07) is 0.470. The summed E-state index contributed by atoms with van der Waals surface area (Å²) < 4.78 is 0. The van der Waals surface area contributed by atoms with E-state index < -0.39 is 0 Å². The Hall–Kier alpha value is -0.550. The predicted octanol–water partition coefficient (Wildman–Crippen LogP) is 1.53. The monoisotopic (exact) mass is 214 g/mol. The third kappa shape index (κ3) is 3.31. The molecule has 0 aliphatic heterocycles. The van der Waals surface area contributed by atoms with Crippen LogP contribution in [0.2, 0.25) is 0 Å². The summed E-state index contributed by atoms with van der Waals surface area (Å²) in [5.74, 6) is 0.995. The molecule has 0 radical (unpaired) electrons. The normalized spacial score (nSPS) is 14.3. The van der Waals surface area contributed by atoms with E-state index in [1.807, 2.05) is 7.05 Å². The highest BCUT2D eigenvalue weighted by Gasteiger charge is 2.23. The summed E-state index contributed by atoms with van der Waals surface area (Å²) >= 11 is 1.69. The van der Waals surface area contributed by atoms with Crippen molar-refractivity contribution in [3.8, 4) is 0 Å². The van der Waals surface area contributed by atoms with Gasteiger partial charge in [-0.15, -0.1) is 0 Å². The van der Waals surface area contributed by atoms with Crippen molar-refractivity contribution in [2.24, 2.45) is 5.41 Å². The molecule has 5 heteroatoms. The number of rotatable bonds is 4. The van der Waals surface area contributed by atoms with Gasteiger partial charge in [0.15, 0.2) is 5.16 Å². The molecule has 1 aromatic heterocycles. The van der Waals surface area contributed by atoms with E-state index in [1.54, 1.807) is 11.8 Å². The van der Waals surface area contributed by atoms with Crippen LogP contribution in [0.1, 0.15) is 20.8 Å². The molecule has 4 nitrogen and oxygen atoms in total. The molecular weight excluding hydrogens is 196 g/mol. The fraction of sp³-hybridized carbons (Fsp3) is 0.778. The number of hydrogen-bond donors (Lipinski definition) is 2. The number of aromatic nitrogens is 3. The van der Waals surface area contributed by atoms with Gasteiger partial charge in [-0.2, -0.15) is 5.10 Å². The minimum absolute atomic E-state index is 0.266. The van der Waals surface area contributed by atoms with Crippen molar-refractivity contribution in [3.63, 3.8) is 0 Å². The van der Waals surface area contributed by atoms with E-state index in [0.29, 0.717) is 6.04 Å². The zero-order chi connectivity index (χ0) is 10.6. The summed E-state index contributed by atoms with van der Waals surface area (Å²) in [4.78, 5) is 4.07. The third-order valence-corrected chi connectivity index (χ3v) is 3.14. The molecule has 2 N–H and O–H groups in total. The lowest BCUT2D eigenvalue weighted by Crippen LogP contribution is -2.40. The first kappa shape index (κ1) is 11.5. The van der Waals surface area contributed by atoms with Crippen molar-refractivity contribution >= 4 is 11.8 Å². The van der Waals surface area contributed by atoms with Gasteiger partial charge in [-0.05, 0) is 12.5 Å². The molecule has 1 rings (SSSR count). The molecule has 0 aliphatic rings. The maximum absolute atomic E-state index is 4.07. The van der Waals surface area contributed by atoms with Gasteiger partial charge in [-0.1, -0.05) is 32.5 Å². The van der Waals surface area contributed by atoms with Gasteiger partial charge in [-0.25, -0.2) is 4.98 Å². The van der Waals surface area contributed by atoms with Crippen LogP contribution in [0.15, 0.2) is 11.5 Å². The fourth-order valence-electron chi connectivity index (χ4n) is 1.19. The molecule has 0 saturated carbocycles. The summed E-state index contributed by atoms with van der Waals surface area (Å²) in [5.41, 5.74) is 0.266. The molecule has 0 spiro atoms. The fourth-order valence-corrected chi connectivity index (χ4v) is 2.42. The summed E-state index contributed by atoms with van der Waals surface area (Å²) in [6.07, 6.45) is 1.54. The van der Waals surface area contributed by atoms with Crippen molar-refractivity contribution < 1.29 is 0 Å². The second-order valence-electron chi connectivity index (χ2n) is 4.31. The van der Waals surface area contributed by atoms with E-state index in [9.17, 15) is 0 Å². The van der Waals surface area contributed by atoms with Gasteiger partial charge in [0.25, 0.3) is 0 Å². The van der Waals surface area contributed by atoms with Crippen LogP contribution in [0, 0.1) is 5.41 Å². The lowest BCUT2D eigenvalue weighted by molar-refractivity contribution is 0.305. The Morgan fingerprint density at radius 2 is 2.29 bits per heavy atom. The van der Waals surface area contributed by atoms with E-state index in [4.69, 9.17) is 0 Å². The van der Waals surface area contributed by atoms with Gasteiger partial charge < -0.3 is 5.32 Å². The number of H-pyrrole nitrogens is 1. The van der Waals surface area contributed by atoms with Gasteiger partial charge in [0.05, 0.1) is 0 Å². The first-order valence-corrected chi connectivity index (χ1v) is 5.68. The Balaban J connectivity index is 2.43. The third-order valence-electron chi connectivity index (χ3n) is 2.17. The summed E-state index contributed by atoms with van der Waals surface area (Å²) in [7, 11) is 2.00. The number of thioether (sulfide) groups is 1. The van der Waals surface area contributed by atoms with Gasteiger partial charge in [0.1, 0.15) is 6.33 Å². The maximum Gasteiger partial charge on any atom is 0.183 e. The van der Waals surface area contributed by atoms with Gasteiger partial charge in [0.2, 0.25) is 0 Å². The van der Waals surface area contributed by atoms with E-state index in [0.717, 1.165) is 10.9 Å². The van der Waals surface area contributed by atoms with Crippen LogP contribution >= 0.6 is 11.8 Å². The average Bonchev–Trinajstić information content (AvgIpc) is 2.55. The van der Waals surface area contributed by atoms with Crippen molar-refractivity contribution in [2.75, 3.05) is 12.8 Å². The van der Waals surface area contributed by atoms with Crippen LogP contribution in [0.5, 0.6) is 0 Å². The Morgan fingerprint density at radius 3 is 2.71 bits per heavy atom. The molecule has 0 bridgehead atoms. The minimum atomic E-state index is 0.266. The van der Waals surface area contributed by atoms with Crippen molar-refractivity contribution in [2.45, 2.75) is 32.0 Å². The van der Waals surface area contributed by atoms with Crippen LogP contribution in [0.25, 0.3) is 0 Å². The molecule has 1 heterocycles. The molecule has 1 aromatic rings. The van der Waals surface area contributed by atoms with Crippen LogP contribution in [0.3, 0.4) is 0 Å². The topological polar surface area (TPSA) is 53.6 Å². The van der Waals surface area contributed by atoms with E-state index in [2.05, 4.69) is 41.3 Å². The summed E-state index contributed by atoms with van der Waals surface area (Å²) in [6.45, 7) is 6.69. The van der Waals surface area contributed by atoms with E-state index in [1.165, 1.54) is 6.33 Å². The number of nitrogens with zero attached hydrogens (tertiary/aromatic N) is 2. The van der Waals surface area contributed by atoms with Gasteiger partial charge in [0, 0.05) is 11.8 Å². The second kappa shape index (κ2) is 4.79. The Morgan fingerprint density at radius 1 is 1.57 bits per heavy atom. The van der Waals surface area contributed by atoms with Crippen molar-refractivity contribution in [3.05, 3.63) is 6.33 Å². The average molecular weight is 214 g/mol. The molecular formula is C9H18N4S. The number of hydrogen-bond acceptors (Lipinski definition) is 4. The molecule has 0 aliphatic carbocycles. The smallest absolute Gasteiger partial charge is 0.183 e. The Bertz CT molecular complexity index is 252. The largest absolute Gasteiger partial charge is 0.316 e. The molecule has 0 amide bonds. The SMILES string of the molecule is CNC(CSc1ncn[nH]1)C(C)(C)C. The van der Waals surface area contributed by atoms with Crippen LogP contribution in [-0.4, -0.2) is 34.0 Å². The van der Waals surface area contributed by atoms with Crippen LogP contribution in [-0.2, 0) is 0 Å².